The summed E-state index contributed by atoms with van der Waals surface area (Å²) < 4.78 is 12.0. The molecule has 0 atom stereocenters. The summed E-state index contributed by atoms with van der Waals surface area (Å²) in [5.41, 5.74) is 2.10. The fourth-order valence-corrected chi connectivity index (χ4v) is 2.14. The zero-order chi connectivity index (χ0) is 12.0. The molecule has 0 aliphatic rings. The lowest BCUT2D eigenvalue weighted by molar-refractivity contribution is -0.134. The molecule has 16 heavy (non-hydrogen) atoms. The zero-order valence-electron chi connectivity index (χ0n) is 9.86. The lowest BCUT2D eigenvalue weighted by Crippen LogP contribution is -2.21. The SMILES string of the molecule is CCOC(Cc1c(C)ncnc1I)OCC. The van der Waals surface area contributed by atoms with E-state index >= 15 is 0 Å². The Morgan fingerprint density at radius 2 is 1.88 bits per heavy atom. The van der Waals surface area contributed by atoms with Gasteiger partial charge >= 0.3 is 0 Å². The molecule has 0 radical (unpaired) electrons. The first-order chi connectivity index (χ1) is 7.69. The number of aromatic nitrogens is 2. The third kappa shape index (κ3) is 3.95. The summed E-state index contributed by atoms with van der Waals surface area (Å²) in [7, 11) is 0. The van der Waals surface area contributed by atoms with E-state index in [-0.39, 0.29) is 6.29 Å². The quantitative estimate of drug-likeness (QED) is 0.454. The molecule has 0 aromatic carbocycles. The van der Waals surface area contributed by atoms with Crippen LogP contribution in [0.3, 0.4) is 0 Å². The van der Waals surface area contributed by atoms with Crippen LogP contribution in [0.5, 0.6) is 0 Å². The van der Waals surface area contributed by atoms with Gasteiger partial charge in [0.1, 0.15) is 10.0 Å². The maximum atomic E-state index is 5.52. The van der Waals surface area contributed by atoms with Crippen LogP contribution in [0.2, 0.25) is 0 Å². The van der Waals surface area contributed by atoms with Gasteiger partial charge in [-0.3, -0.25) is 0 Å². The molecule has 0 N–H and O–H groups in total. The Hall–Kier alpha value is -0.270. The van der Waals surface area contributed by atoms with Gasteiger partial charge in [0.2, 0.25) is 0 Å². The summed E-state index contributed by atoms with van der Waals surface area (Å²) in [6.07, 6.45) is 2.08. The van der Waals surface area contributed by atoms with E-state index in [1.54, 1.807) is 6.33 Å². The monoisotopic (exact) mass is 336 g/mol. The van der Waals surface area contributed by atoms with Gasteiger partial charge in [0, 0.05) is 30.9 Å². The van der Waals surface area contributed by atoms with Gasteiger partial charge in [-0.2, -0.15) is 0 Å². The normalized spacial score (nSPS) is 11.1. The molecule has 5 heteroatoms. The fourth-order valence-electron chi connectivity index (χ4n) is 1.41. The van der Waals surface area contributed by atoms with Crippen molar-refractivity contribution in [1.29, 1.82) is 0 Å². The topological polar surface area (TPSA) is 44.2 Å². The van der Waals surface area contributed by atoms with Crippen molar-refractivity contribution >= 4 is 22.6 Å². The highest BCUT2D eigenvalue weighted by Crippen LogP contribution is 2.15. The lowest BCUT2D eigenvalue weighted by atomic mass is 10.2. The summed E-state index contributed by atoms with van der Waals surface area (Å²) in [5, 5.41) is 0. The molecule has 90 valence electrons. The first-order valence-electron chi connectivity index (χ1n) is 5.38. The van der Waals surface area contributed by atoms with Crippen LogP contribution in [0.4, 0.5) is 0 Å². The summed E-state index contributed by atoms with van der Waals surface area (Å²) in [6, 6.07) is 0. The Kier molecular flexibility index (Phi) is 6.15. The van der Waals surface area contributed by atoms with Crippen molar-refractivity contribution in [3.8, 4) is 0 Å². The molecule has 1 aromatic heterocycles. The van der Waals surface area contributed by atoms with Crippen LogP contribution in [0.25, 0.3) is 0 Å². The van der Waals surface area contributed by atoms with E-state index < -0.39 is 0 Å². The van der Waals surface area contributed by atoms with Crippen molar-refractivity contribution < 1.29 is 9.47 Å². The van der Waals surface area contributed by atoms with Crippen LogP contribution >= 0.6 is 22.6 Å². The standard InChI is InChI=1S/C11H17IN2O2/c1-4-15-10(16-5-2)6-9-8(3)13-7-14-11(9)12/h7,10H,4-6H2,1-3H3. The Balaban J connectivity index is 2.76. The lowest BCUT2D eigenvalue weighted by Gasteiger charge is -2.18. The van der Waals surface area contributed by atoms with E-state index in [1.165, 1.54) is 0 Å². The van der Waals surface area contributed by atoms with Gasteiger partial charge in [-0.1, -0.05) is 0 Å². The van der Waals surface area contributed by atoms with E-state index in [0.717, 1.165) is 15.0 Å². The molecule has 0 spiro atoms. The van der Waals surface area contributed by atoms with Crippen LogP contribution in [0.1, 0.15) is 25.1 Å². The smallest absolute Gasteiger partial charge is 0.161 e. The van der Waals surface area contributed by atoms with Crippen molar-refractivity contribution in [1.82, 2.24) is 9.97 Å². The number of aryl methyl sites for hydroxylation is 1. The van der Waals surface area contributed by atoms with Crippen LogP contribution in [0, 0.1) is 10.6 Å². The minimum Gasteiger partial charge on any atom is -0.353 e. The number of nitrogens with zero attached hydrogens (tertiary/aromatic N) is 2. The minimum atomic E-state index is -0.201. The number of hydrogen-bond acceptors (Lipinski definition) is 4. The largest absolute Gasteiger partial charge is 0.353 e. The molecular weight excluding hydrogens is 319 g/mol. The first-order valence-corrected chi connectivity index (χ1v) is 6.46. The molecule has 0 saturated carbocycles. The van der Waals surface area contributed by atoms with Crippen molar-refractivity contribution in [2.75, 3.05) is 13.2 Å². The van der Waals surface area contributed by atoms with Crippen molar-refractivity contribution in [2.45, 2.75) is 33.5 Å². The van der Waals surface area contributed by atoms with Crippen molar-refractivity contribution in [3.05, 3.63) is 21.3 Å². The fraction of sp³-hybridized carbons (Fsp3) is 0.636. The molecule has 0 unspecified atom stereocenters. The molecule has 0 aliphatic heterocycles. The molecule has 1 aromatic rings. The predicted octanol–water partition coefficient (Wildman–Crippen LogP) is 2.33. The molecule has 0 amide bonds. The molecule has 0 saturated heterocycles. The maximum Gasteiger partial charge on any atom is 0.161 e. The minimum absolute atomic E-state index is 0.201. The van der Waals surface area contributed by atoms with E-state index in [9.17, 15) is 0 Å². The van der Waals surface area contributed by atoms with Gasteiger partial charge in [-0.25, -0.2) is 9.97 Å². The van der Waals surface area contributed by atoms with Crippen molar-refractivity contribution in [2.24, 2.45) is 0 Å². The van der Waals surface area contributed by atoms with Gasteiger partial charge in [0.25, 0.3) is 0 Å². The summed E-state index contributed by atoms with van der Waals surface area (Å²) >= 11 is 2.21. The highest BCUT2D eigenvalue weighted by molar-refractivity contribution is 14.1. The molecular formula is C11H17IN2O2. The average Bonchev–Trinajstić information content (AvgIpc) is 2.24. The Labute approximate surface area is 110 Å². The third-order valence-corrected chi connectivity index (χ3v) is 3.11. The molecule has 0 fully saturated rings. The first kappa shape index (κ1) is 13.8. The Bertz CT molecular complexity index is 308. The van der Waals surface area contributed by atoms with Crippen LogP contribution in [0.15, 0.2) is 6.33 Å². The number of ether oxygens (including phenoxy) is 2. The number of halogens is 1. The van der Waals surface area contributed by atoms with E-state index in [4.69, 9.17) is 9.47 Å². The van der Waals surface area contributed by atoms with E-state index in [1.807, 2.05) is 20.8 Å². The van der Waals surface area contributed by atoms with Gasteiger partial charge in [0.05, 0.1) is 0 Å². The van der Waals surface area contributed by atoms with Gasteiger partial charge in [-0.15, -0.1) is 0 Å². The third-order valence-electron chi connectivity index (χ3n) is 2.18. The second-order valence-electron chi connectivity index (χ2n) is 3.27. The Morgan fingerprint density at radius 1 is 1.25 bits per heavy atom. The van der Waals surface area contributed by atoms with Crippen LogP contribution in [-0.4, -0.2) is 29.5 Å². The maximum absolute atomic E-state index is 5.52. The Morgan fingerprint density at radius 3 is 2.38 bits per heavy atom. The van der Waals surface area contributed by atoms with E-state index in [0.29, 0.717) is 19.6 Å². The molecule has 1 heterocycles. The van der Waals surface area contributed by atoms with E-state index in [2.05, 4.69) is 32.6 Å². The highest BCUT2D eigenvalue weighted by Gasteiger charge is 2.14. The predicted molar refractivity (Wildman–Crippen MR) is 70.2 cm³/mol. The second kappa shape index (κ2) is 7.13. The van der Waals surface area contributed by atoms with Crippen molar-refractivity contribution in [3.63, 3.8) is 0 Å². The van der Waals surface area contributed by atoms with Gasteiger partial charge in [0.15, 0.2) is 6.29 Å². The van der Waals surface area contributed by atoms with Crippen LogP contribution < -0.4 is 0 Å². The number of rotatable bonds is 6. The molecule has 1 rings (SSSR count). The average molecular weight is 336 g/mol. The zero-order valence-corrected chi connectivity index (χ0v) is 12.0. The summed E-state index contributed by atoms with van der Waals surface area (Å²) in [6.45, 7) is 7.20. The second-order valence-corrected chi connectivity index (χ2v) is 4.29. The van der Waals surface area contributed by atoms with Gasteiger partial charge in [-0.05, 0) is 43.4 Å². The summed E-state index contributed by atoms with van der Waals surface area (Å²) in [4.78, 5) is 8.36. The number of hydrogen-bond donors (Lipinski definition) is 0. The molecule has 0 bridgehead atoms. The highest BCUT2D eigenvalue weighted by atomic mass is 127. The molecule has 4 nitrogen and oxygen atoms in total. The molecule has 0 aliphatic carbocycles. The van der Waals surface area contributed by atoms with Gasteiger partial charge < -0.3 is 9.47 Å². The van der Waals surface area contributed by atoms with Crippen LogP contribution in [-0.2, 0) is 15.9 Å². The summed E-state index contributed by atoms with van der Waals surface area (Å²) in [5.74, 6) is 0.